The molecule has 33 heavy (non-hydrogen) atoms. The van der Waals surface area contributed by atoms with E-state index in [9.17, 15) is 19.1 Å². The number of fused-ring (bicyclic) bond motifs is 1. The predicted octanol–water partition coefficient (Wildman–Crippen LogP) is 1.05. The van der Waals surface area contributed by atoms with Gasteiger partial charge in [-0.05, 0) is 49.8 Å². The van der Waals surface area contributed by atoms with Crippen molar-refractivity contribution in [3.8, 4) is 5.75 Å². The first-order chi connectivity index (χ1) is 15.3. The Bertz CT molecular complexity index is 1120. The Balaban J connectivity index is 0.000000227. The van der Waals surface area contributed by atoms with Gasteiger partial charge in [-0.3, -0.25) is 4.79 Å². The predicted molar refractivity (Wildman–Crippen MR) is 122 cm³/mol. The third kappa shape index (κ3) is 7.09. The summed E-state index contributed by atoms with van der Waals surface area (Å²) in [5.74, 6) is -0.868. The molecule has 1 amide bonds. The standard InChI is InChI=1S/C12H15ClFN2.C11H10N2O3.K/c1-16-7-3-6-11(16)15-8-9-4-2-5-10(13)12(9)14;12-11(16)9-6-13(3-4-14)10-2-1-7(15)5-8(9)10;/h2,4-5,11H,3,6-8H2,1H3;1-2,4-6,15H,3H2,(H2,12,16);/q-1;;+1. The van der Waals surface area contributed by atoms with Crippen molar-refractivity contribution >= 4 is 34.7 Å². The molecular formula is C23H25ClFKN4O3. The van der Waals surface area contributed by atoms with Gasteiger partial charge in [0.1, 0.15) is 17.9 Å². The van der Waals surface area contributed by atoms with E-state index in [1.807, 2.05) is 0 Å². The van der Waals surface area contributed by atoms with Crippen LogP contribution in [0.5, 0.6) is 5.75 Å². The molecule has 1 fully saturated rings. The third-order valence-electron chi connectivity index (χ3n) is 5.39. The molecule has 0 saturated carbocycles. The fraction of sp³-hybridized carbons (Fsp3) is 0.304. The summed E-state index contributed by atoms with van der Waals surface area (Å²) in [6.45, 7) is 1.63. The van der Waals surface area contributed by atoms with Crippen LogP contribution in [0.25, 0.3) is 16.2 Å². The Morgan fingerprint density at radius 1 is 1.36 bits per heavy atom. The normalized spacial score (nSPS) is 15.5. The summed E-state index contributed by atoms with van der Waals surface area (Å²) < 4.78 is 15.2. The first kappa shape index (κ1) is 27.9. The molecule has 10 heteroatoms. The van der Waals surface area contributed by atoms with Gasteiger partial charge in [0.25, 0.3) is 5.91 Å². The second kappa shape index (κ2) is 13.0. The van der Waals surface area contributed by atoms with Gasteiger partial charge in [-0.15, -0.1) is 6.54 Å². The van der Waals surface area contributed by atoms with Gasteiger partial charge in [0, 0.05) is 17.1 Å². The molecule has 7 nitrogen and oxygen atoms in total. The van der Waals surface area contributed by atoms with E-state index in [0.29, 0.717) is 28.6 Å². The molecule has 1 saturated heterocycles. The number of hydrogen-bond donors (Lipinski definition) is 2. The average molecular weight is 499 g/mol. The fourth-order valence-electron chi connectivity index (χ4n) is 3.71. The number of likely N-dealkylation sites (tertiary alicyclic amines) is 1. The molecule has 0 aliphatic carbocycles. The molecule has 0 spiro atoms. The van der Waals surface area contributed by atoms with Crippen LogP contribution >= 0.6 is 11.6 Å². The Morgan fingerprint density at radius 3 is 2.76 bits per heavy atom. The molecule has 3 aromatic rings. The number of carbonyl (C=O) groups excluding carboxylic acids is 2. The summed E-state index contributed by atoms with van der Waals surface area (Å²) in [4.78, 5) is 23.9. The van der Waals surface area contributed by atoms with Crippen molar-refractivity contribution in [2.24, 2.45) is 5.73 Å². The summed E-state index contributed by atoms with van der Waals surface area (Å²) in [5.41, 5.74) is 6.79. The van der Waals surface area contributed by atoms with Crippen molar-refractivity contribution in [3.05, 3.63) is 69.9 Å². The fourth-order valence-corrected chi connectivity index (χ4v) is 3.90. The number of aldehydes is 1. The molecule has 1 unspecified atom stereocenters. The van der Waals surface area contributed by atoms with Gasteiger partial charge in [0.2, 0.25) is 0 Å². The Morgan fingerprint density at radius 2 is 2.12 bits per heavy atom. The molecule has 170 valence electrons. The zero-order valence-electron chi connectivity index (χ0n) is 18.7. The maximum Gasteiger partial charge on any atom is 1.00 e. The van der Waals surface area contributed by atoms with Gasteiger partial charge in [-0.1, -0.05) is 36.3 Å². The number of halogens is 2. The number of primary amides is 1. The SMILES string of the molecule is CN1CCCC1[N-]Cc1cccc(Cl)c1F.NC(=O)c1cn(CC=O)c2ccc(O)cc12.[K+]. The van der Waals surface area contributed by atoms with Crippen LogP contribution in [0.4, 0.5) is 4.39 Å². The van der Waals surface area contributed by atoms with E-state index in [1.165, 1.54) is 24.8 Å². The third-order valence-corrected chi connectivity index (χ3v) is 5.68. The van der Waals surface area contributed by atoms with E-state index >= 15 is 0 Å². The number of benzene rings is 2. The van der Waals surface area contributed by atoms with Crippen LogP contribution in [0.15, 0.2) is 42.6 Å². The van der Waals surface area contributed by atoms with E-state index in [4.69, 9.17) is 17.3 Å². The van der Waals surface area contributed by atoms with Crippen LogP contribution in [0.1, 0.15) is 28.8 Å². The van der Waals surface area contributed by atoms with Crippen LogP contribution in [-0.4, -0.2) is 46.5 Å². The smallest absolute Gasteiger partial charge is 0.643 e. The minimum Gasteiger partial charge on any atom is -0.643 e. The van der Waals surface area contributed by atoms with Crippen LogP contribution in [0.2, 0.25) is 5.02 Å². The zero-order valence-corrected chi connectivity index (χ0v) is 22.5. The van der Waals surface area contributed by atoms with Gasteiger partial charge in [-0.25, -0.2) is 4.39 Å². The largest absolute Gasteiger partial charge is 1.00 e. The van der Waals surface area contributed by atoms with Crippen molar-refractivity contribution in [1.29, 1.82) is 0 Å². The number of aromatic hydroxyl groups is 1. The molecule has 0 radical (unpaired) electrons. The average Bonchev–Trinajstić information content (AvgIpc) is 3.33. The van der Waals surface area contributed by atoms with Crippen LogP contribution in [0.3, 0.4) is 0 Å². The minimum absolute atomic E-state index is 0. The molecule has 3 N–H and O–H groups in total. The van der Waals surface area contributed by atoms with Crippen molar-refractivity contribution in [3.63, 3.8) is 0 Å². The summed E-state index contributed by atoms with van der Waals surface area (Å²) in [7, 11) is 2.05. The first-order valence-electron chi connectivity index (χ1n) is 10.2. The molecule has 1 aromatic heterocycles. The number of aromatic nitrogens is 1. The van der Waals surface area contributed by atoms with Crippen LogP contribution in [-0.2, 0) is 17.9 Å². The molecule has 1 aliphatic rings. The van der Waals surface area contributed by atoms with Gasteiger partial charge < -0.3 is 30.4 Å². The molecule has 0 bridgehead atoms. The number of carbonyl (C=O) groups is 2. The summed E-state index contributed by atoms with van der Waals surface area (Å²) in [5, 5.41) is 14.6. The number of nitrogens with two attached hydrogens (primary N) is 1. The Hall–Kier alpha value is -1.30. The van der Waals surface area contributed by atoms with E-state index in [-0.39, 0.29) is 80.7 Å². The quantitative estimate of drug-likeness (QED) is 0.392. The number of phenolic OH excluding ortho intramolecular Hbond substituents is 1. The number of phenols is 1. The maximum atomic E-state index is 13.6. The topological polar surface area (TPSA) is 103 Å². The Labute approximate surface area is 239 Å². The summed E-state index contributed by atoms with van der Waals surface area (Å²) in [6.07, 6.45) is 4.72. The van der Waals surface area contributed by atoms with Crippen molar-refractivity contribution in [2.45, 2.75) is 32.1 Å². The van der Waals surface area contributed by atoms with Gasteiger partial charge >= 0.3 is 51.4 Å². The molecular weight excluding hydrogens is 474 g/mol. The molecule has 1 aliphatic heterocycles. The van der Waals surface area contributed by atoms with Crippen LogP contribution in [0, 0.1) is 5.82 Å². The van der Waals surface area contributed by atoms with Gasteiger partial charge in [0.15, 0.2) is 0 Å². The number of nitrogens with zero attached hydrogens (tertiary/aromatic N) is 3. The number of hydrogen-bond acceptors (Lipinski definition) is 4. The molecule has 2 aromatic carbocycles. The number of rotatable bonds is 6. The monoisotopic (exact) mass is 498 g/mol. The number of amides is 1. The van der Waals surface area contributed by atoms with Gasteiger partial charge in [-0.2, -0.15) is 0 Å². The molecule has 1 atom stereocenters. The van der Waals surface area contributed by atoms with E-state index in [2.05, 4.69) is 17.3 Å². The zero-order chi connectivity index (χ0) is 23.3. The summed E-state index contributed by atoms with van der Waals surface area (Å²) >= 11 is 5.71. The van der Waals surface area contributed by atoms with E-state index < -0.39 is 5.91 Å². The maximum absolute atomic E-state index is 13.6. The second-order valence-corrected chi connectivity index (χ2v) is 7.99. The van der Waals surface area contributed by atoms with E-state index in [0.717, 1.165) is 19.3 Å². The van der Waals surface area contributed by atoms with Gasteiger partial charge in [0.05, 0.1) is 17.1 Å². The molecule has 2 heterocycles. The Kier molecular flexibility index (Phi) is 11.0. The second-order valence-electron chi connectivity index (χ2n) is 7.58. The summed E-state index contributed by atoms with van der Waals surface area (Å²) in [6, 6.07) is 9.64. The van der Waals surface area contributed by atoms with Crippen molar-refractivity contribution < 1.29 is 70.5 Å². The first-order valence-corrected chi connectivity index (χ1v) is 10.5. The minimum atomic E-state index is -0.583. The van der Waals surface area contributed by atoms with Crippen molar-refractivity contribution in [1.82, 2.24) is 9.47 Å². The van der Waals surface area contributed by atoms with Crippen LogP contribution < -0.4 is 57.1 Å². The van der Waals surface area contributed by atoms with E-state index in [1.54, 1.807) is 28.8 Å². The van der Waals surface area contributed by atoms with Crippen molar-refractivity contribution in [2.75, 3.05) is 13.6 Å². The molecule has 4 rings (SSSR count).